The van der Waals surface area contributed by atoms with Crippen LogP contribution in [0.1, 0.15) is 45.6 Å². The van der Waals surface area contributed by atoms with Crippen molar-refractivity contribution in [3.05, 3.63) is 60.2 Å². The lowest BCUT2D eigenvalue weighted by Gasteiger charge is -2.40. The molecule has 2 fully saturated rings. The standard InChI is InChI=1S/C32H44N2O9S/c1-22(35)14-16-32(2,3)21-33(44(39,40)25-12-10-24(41-4)11-13-25)19-29(36)27(18-23-8-6-5-7-9-23)34(31(37)38)28-20-43-30-26(28)15-17-42-30/h5-13,26-30,36H,14-21H2,1-4H3,(H,37,38)/t26-,27-,28-,29+,30+/m0/s1. The number of hydrogen-bond donors (Lipinski definition) is 2. The van der Waals surface area contributed by atoms with E-state index in [-0.39, 0.29) is 49.1 Å². The molecule has 2 heterocycles. The summed E-state index contributed by atoms with van der Waals surface area (Å²) < 4.78 is 46.1. The Balaban J connectivity index is 1.70. The summed E-state index contributed by atoms with van der Waals surface area (Å²) in [5.74, 6) is 0.294. The van der Waals surface area contributed by atoms with Gasteiger partial charge < -0.3 is 29.2 Å². The monoisotopic (exact) mass is 632 g/mol. The molecule has 2 aliphatic rings. The minimum absolute atomic E-state index is 0.00189. The number of sulfonamides is 1. The van der Waals surface area contributed by atoms with Crippen molar-refractivity contribution in [1.82, 2.24) is 9.21 Å². The number of amides is 1. The van der Waals surface area contributed by atoms with Crippen molar-refractivity contribution in [2.45, 2.75) is 75.8 Å². The summed E-state index contributed by atoms with van der Waals surface area (Å²) in [5, 5.41) is 22.4. The van der Waals surface area contributed by atoms with Crippen LogP contribution in [0.5, 0.6) is 5.75 Å². The van der Waals surface area contributed by atoms with Crippen LogP contribution in [-0.2, 0) is 30.7 Å². The topological polar surface area (TPSA) is 143 Å². The van der Waals surface area contributed by atoms with Crippen molar-refractivity contribution in [1.29, 1.82) is 0 Å². The first-order valence-electron chi connectivity index (χ1n) is 14.9. The zero-order valence-corrected chi connectivity index (χ0v) is 26.6. The second-order valence-corrected chi connectivity index (χ2v) is 14.4. The third kappa shape index (κ3) is 8.16. The van der Waals surface area contributed by atoms with Crippen LogP contribution >= 0.6 is 0 Å². The summed E-state index contributed by atoms with van der Waals surface area (Å²) in [4.78, 5) is 25.9. The Bertz CT molecular complexity index is 1370. The Morgan fingerprint density at radius 3 is 2.39 bits per heavy atom. The molecule has 5 atom stereocenters. The van der Waals surface area contributed by atoms with E-state index in [0.717, 1.165) is 5.56 Å². The van der Waals surface area contributed by atoms with Gasteiger partial charge in [-0.1, -0.05) is 44.2 Å². The highest BCUT2D eigenvalue weighted by Gasteiger charge is 2.49. The molecule has 0 spiro atoms. The van der Waals surface area contributed by atoms with Gasteiger partial charge >= 0.3 is 6.09 Å². The van der Waals surface area contributed by atoms with E-state index in [1.807, 2.05) is 44.2 Å². The predicted octanol–water partition coefficient (Wildman–Crippen LogP) is 3.79. The Kier molecular flexibility index (Phi) is 11.1. The lowest BCUT2D eigenvalue weighted by Crippen LogP contribution is -2.58. The van der Waals surface area contributed by atoms with Gasteiger partial charge in [0.05, 0.1) is 43.4 Å². The molecule has 12 heteroatoms. The van der Waals surface area contributed by atoms with E-state index < -0.39 is 46.0 Å². The smallest absolute Gasteiger partial charge is 0.407 e. The summed E-state index contributed by atoms with van der Waals surface area (Å²) in [6.45, 7) is 5.45. The molecule has 0 aromatic heterocycles. The third-order valence-corrected chi connectivity index (χ3v) is 10.3. The number of Topliss-reactive ketones (excluding diaryl/α,β-unsaturated/α-hetero) is 1. The van der Waals surface area contributed by atoms with Crippen LogP contribution in [0.2, 0.25) is 0 Å². The van der Waals surface area contributed by atoms with Crippen LogP contribution in [0, 0.1) is 11.3 Å². The molecule has 0 saturated carbocycles. The zero-order chi connectivity index (χ0) is 32.1. The molecule has 2 aromatic carbocycles. The van der Waals surface area contributed by atoms with Crippen LogP contribution in [0.15, 0.2) is 59.5 Å². The fourth-order valence-electron chi connectivity index (χ4n) is 6.08. The highest BCUT2D eigenvalue weighted by molar-refractivity contribution is 7.89. The van der Waals surface area contributed by atoms with Gasteiger partial charge in [0.1, 0.15) is 11.5 Å². The van der Waals surface area contributed by atoms with E-state index in [0.29, 0.717) is 25.2 Å². The summed E-state index contributed by atoms with van der Waals surface area (Å²) in [5.41, 5.74) is 0.173. The lowest BCUT2D eigenvalue weighted by atomic mass is 9.87. The number of carbonyl (C=O) groups is 2. The van der Waals surface area contributed by atoms with E-state index in [1.54, 1.807) is 12.1 Å². The largest absolute Gasteiger partial charge is 0.497 e. The molecule has 0 radical (unpaired) electrons. The highest BCUT2D eigenvalue weighted by atomic mass is 32.2. The van der Waals surface area contributed by atoms with E-state index in [9.17, 15) is 28.2 Å². The van der Waals surface area contributed by atoms with E-state index >= 15 is 0 Å². The molecule has 44 heavy (non-hydrogen) atoms. The predicted molar refractivity (Wildman–Crippen MR) is 163 cm³/mol. The number of methoxy groups -OCH3 is 1. The lowest BCUT2D eigenvalue weighted by molar-refractivity contribution is -0.117. The molecule has 11 nitrogen and oxygen atoms in total. The Labute approximate surface area is 259 Å². The van der Waals surface area contributed by atoms with Gasteiger partial charge in [0.25, 0.3) is 0 Å². The van der Waals surface area contributed by atoms with Gasteiger partial charge in [0.15, 0.2) is 6.29 Å². The second-order valence-electron chi connectivity index (χ2n) is 12.4. The van der Waals surface area contributed by atoms with Crippen molar-refractivity contribution in [3.63, 3.8) is 0 Å². The Morgan fingerprint density at radius 1 is 1.09 bits per heavy atom. The van der Waals surface area contributed by atoms with Crippen molar-refractivity contribution >= 4 is 21.9 Å². The van der Waals surface area contributed by atoms with Gasteiger partial charge in [-0.25, -0.2) is 13.2 Å². The van der Waals surface area contributed by atoms with Crippen LogP contribution in [0.3, 0.4) is 0 Å². The number of rotatable bonds is 15. The maximum atomic E-state index is 14.1. The Morgan fingerprint density at radius 2 is 1.77 bits per heavy atom. The average Bonchev–Trinajstić information content (AvgIpc) is 3.61. The molecule has 2 N–H and O–H groups in total. The molecule has 2 aliphatic heterocycles. The summed E-state index contributed by atoms with van der Waals surface area (Å²) in [7, 11) is -2.67. The number of benzene rings is 2. The van der Waals surface area contributed by atoms with Crippen molar-refractivity contribution in [2.24, 2.45) is 11.3 Å². The molecule has 2 aromatic rings. The summed E-state index contributed by atoms with van der Waals surface area (Å²) in [6, 6.07) is 13.6. The van der Waals surface area contributed by atoms with Crippen LogP contribution in [0.25, 0.3) is 0 Å². The summed E-state index contributed by atoms with van der Waals surface area (Å²) >= 11 is 0. The number of carbonyl (C=O) groups excluding carboxylic acids is 1. The molecule has 1 amide bonds. The molecule has 4 rings (SSSR count). The number of ether oxygens (including phenoxy) is 3. The molecular weight excluding hydrogens is 588 g/mol. The van der Waals surface area contributed by atoms with Gasteiger partial charge in [-0.3, -0.25) is 4.90 Å². The van der Waals surface area contributed by atoms with Crippen molar-refractivity contribution in [3.8, 4) is 5.75 Å². The van der Waals surface area contributed by atoms with Gasteiger partial charge in [-0.05, 0) is 61.4 Å². The number of aliphatic hydroxyl groups is 1. The SMILES string of the molecule is COc1ccc(S(=O)(=O)N(C[C@@H](O)[C@H](Cc2ccccc2)N(C(=O)O)[C@H]2CO[C@H]3OCC[C@H]32)CC(C)(C)CCC(C)=O)cc1. The van der Waals surface area contributed by atoms with Crippen molar-refractivity contribution < 1.29 is 42.4 Å². The fourth-order valence-corrected chi connectivity index (χ4v) is 7.73. The minimum Gasteiger partial charge on any atom is -0.497 e. The van der Waals surface area contributed by atoms with Crippen LogP contribution in [0.4, 0.5) is 4.79 Å². The molecule has 0 bridgehead atoms. The minimum atomic E-state index is -4.16. The highest BCUT2D eigenvalue weighted by Crippen LogP contribution is 2.36. The fraction of sp³-hybridized carbons (Fsp3) is 0.562. The number of carboxylic acid groups (broad SMARTS) is 1. The Hall–Kier alpha value is -3.03. The first-order valence-corrected chi connectivity index (χ1v) is 16.4. The normalized spacial score (nSPS) is 21.5. The zero-order valence-electron chi connectivity index (χ0n) is 25.8. The van der Waals surface area contributed by atoms with Gasteiger partial charge in [0, 0.05) is 25.4 Å². The first kappa shape index (κ1) is 33.9. The number of aliphatic hydroxyl groups excluding tert-OH is 1. The number of ketones is 1. The van der Waals surface area contributed by atoms with Crippen LogP contribution in [-0.4, -0.2) is 97.6 Å². The van der Waals surface area contributed by atoms with Crippen molar-refractivity contribution in [2.75, 3.05) is 33.4 Å². The van der Waals surface area contributed by atoms with E-state index in [4.69, 9.17) is 14.2 Å². The molecule has 0 unspecified atom stereocenters. The number of fused-ring (bicyclic) bond motifs is 1. The summed E-state index contributed by atoms with van der Waals surface area (Å²) in [6.07, 6.45) is -1.64. The molecular formula is C32H44N2O9S. The molecule has 242 valence electrons. The third-order valence-electron chi connectivity index (χ3n) is 8.52. The van der Waals surface area contributed by atoms with E-state index in [1.165, 1.54) is 35.4 Å². The maximum Gasteiger partial charge on any atom is 0.407 e. The van der Waals surface area contributed by atoms with Gasteiger partial charge in [0.2, 0.25) is 10.0 Å². The van der Waals surface area contributed by atoms with Gasteiger partial charge in [-0.2, -0.15) is 4.31 Å². The first-order chi connectivity index (χ1) is 20.8. The van der Waals surface area contributed by atoms with Crippen LogP contribution < -0.4 is 4.74 Å². The van der Waals surface area contributed by atoms with Gasteiger partial charge in [-0.15, -0.1) is 0 Å². The number of nitrogens with zero attached hydrogens (tertiary/aromatic N) is 2. The molecule has 2 saturated heterocycles. The number of hydrogen-bond acceptors (Lipinski definition) is 8. The quantitative estimate of drug-likeness (QED) is 0.300. The molecule has 0 aliphatic carbocycles. The maximum absolute atomic E-state index is 14.1. The van der Waals surface area contributed by atoms with E-state index in [2.05, 4.69) is 0 Å². The second kappa shape index (κ2) is 14.4. The average molecular weight is 633 g/mol.